The Kier molecular flexibility index (Phi) is 4.12. The van der Waals surface area contributed by atoms with Crippen molar-refractivity contribution in [2.24, 2.45) is 0 Å². The minimum atomic E-state index is 0. The van der Waals surface area contributed by atoms with E-state index in [4.69, 9.17) is 0 Å². The molecule has 0 radical (unpaired) electrons. The first kappa shape index (κ1) is 9.50. The summed E-state index contributed by atoms with van der Waals surface area (Å²) in [7, 11) is 2.05. The first-order valence-corrected chi connectivity index (χ1v) is 3.05. The second kappa shape index (κ2) is 4.34. The van der Waals surface area contributed by atoms with Crippen molar-refractivity contribution >= 4 is 0 Å². The minimum absolute atomic E-state index is 0. The average molecular weight is 201 g/mol. The predicted molar refractivity (Wildman–Crippen MR) is 40.1 cm³/mol. The molecule has 0 bridgehead atoms. The van der Waals surface area contributed by atoms with Gasteiger partial charge in [-0.3, -0.25) is 0 Å². The molecule has 0 unspecified atom stereocenters. The van der Waals surface area contributed by atoms with Crippen molar-refractivity contribution in [1.29, 1.82) is 0 Å². The van der Waals surface area contributed by atoms with Gasteiger partial charge in [-0.25, -0.2) is 0 Å². The molecule has 0 saturated carbocycles. The first-order valence-electron chi connectivity index (χ1n) is 3.05. The highest BCUT2D eigenvalue weighted by Crippen LogP contribution is 2.06. The van der Waals surface area contributed by atoms with Gasteiger partial charge in [0.2, 0.25) is 0 Å². The van der Waals surface area contributed by atoms with Crippen LogP contribution in [0.5, 0.6) is 0 Å². The predicted octanol–water partition coefficient (Wildman–Crippen LogP) is -1.44. The Bertz CT molecular complexity index is 170. The zero-order valence-corrected chi connectivity index (χ0v) is 7.63. The molecule has 1 aliphatic rings. The fraction of sp³-hybridized carbons (Fsp3) is 0.250. The van der Waals surface area contributed by atoms with Crippen molar-refractivity contribution in [1.82, 2.24) is 4.90 Å². The molecule has 0 N–H and O–H groups in total. The van der Waals surface area contributed by atoms with Gasteiger partial charge >= 0.3 is 0 Å². The summed E-state index contributed by atoms with van der Waals surface area (Å²) in [5.74, 6) is 0. The van der Waals surface area contributed by atoms with Crippen LogP contribution in [0, 0.1) is 0 Å². The molecule has 1 aliphatic heterocycles. The van der Waals surface area contributed by atoms with E-state index in [1.165, 1.54) is 5.70 Å². The van der Waals surface area contributed by atoms with E-state index in [0.29, 0.717) is 0 Å². The number of likely N-dealkylation sites (N-methyl/N-ethyl adjacent to an activating group) is 1. The summed E-state index contributed by atoms with van der Waals surface area (Å²) in [6.07, 6.45) is 8.09. The number of allylic oxidation sites excluding steroid dienone is 3. The third-order valence-corrected chi connectivity index (χ3v) is 1.43. The van der Waals surface area contributed by atoms with E-state index < -0.39 is 0 Å². The maximum absolute atomic E-state index is 3.69. The lowest BCUT2D eigenvalue weighted by molar-refractivity contribution is -0.00000186. The molecule has 0 aromatic heterocycles. The summed E-state index contributed by atoms with van der Waals surface area (Å²) < 4.78 is 0. The second-order valence-corrected chi connectivity index (χ2v) is 2.10. The van der Waals surface area contributed by atoms with E-state index in [9.17, 15) is 0 Å². The van der Waals surface area contributed by atoms with Crippen LogP contribution in [0.1, 0.15) is 0 Å². The highest BCUT2D eigenvalue weighted by atomic mass is 79.9. The molecule has 56 valence electrons. The van der Waals surface area contributed by atoms with Gasteiger partial charge < -0.3 is 21.9 Å². The van der Waals surface area contributed by atoms with Crippen LogP contribution >= 0.6 is 0 Å². The quantitative estimate of drug-likeness (QED) is 0.502. The summed E-state index contributed by atoms with van der Waals surface area (Å²) in [6.45, 7) is 4.69. The number of halogens is 1. The lowest BCUT2D eigenvalue weighted by Gasteiger charge is -2.20. The summed E-state index contributed by atoms with van der Waals surface area (Å²) in [4.78, 5) is 2.15. The normalized spacial score (nSPS) is 15.7. The van der Waals surface area contributed by atoms with Crippen molar-refractivity contribution in [3.8, 4) is 0 Å². The van der Waals surface area contributed by atoms with Crippen molar-refractivity contribution in [3.63, 3.8) is 0 Å². The van der Waals surface area contributed by atoms with Gasteiger partial charge in [0.15, 0.2) is 0 Å². The summed E-state index contributed by atoms with van der Waals surface area (Å²) in [5, 5.41) is 0. The maximum atomic E-state index is 3.69. The topological polar surface area (TPSA) is 3.24 Å². The SMILES string of the molecule is C=CC1=CC=CCN1C.[Br-]. The van der Waals surface area contributed by atoms with Crippen LogP contribution in [-0.2, 0) is 0 Å². The molecule has 10 heavy (non-hydrogen) atoms. The van der Waals surface area contributed by atoms with Crippen LogP contribution in [0.25, 0.3) is 0 Å². The molecular weight excluding hydrogens is 190 g/mol. The molecule has 0 amide bonds. The Labute approximate surface area is 72.5 Å². The van der Waals surface area contributed by atoms with Crippen molar-refractivity contribution in [2.75, 3.05) is 13.6 Å². The monoisotopic (exact) mass is 200 g/mol. The van der Waals surface area contributed by atoms with Gasteiger partial charge in [0.1, 0.15) is 0 Å². The molecule has 0 aliphatic carbocycles. The molecular formula is C8H11BrN-. The van der Waals surface area contributed by atoms with Crippen LogP contribution < -0.4 is 17.0 Å². The largest absolute Gasteiger partial charge is 1.00 e. The van der Waals surface area contributed by atoms with E-state index in [-0.39, 0.29) is 17.0 Å². The van der Waals surface area contributed by atoms with Gasteiger partial charge in [0, 0.05) is 19.3 Å². The fourth-order valence-electron chi connectivity index (χ4n) is 0.842. The molecule has 1 heterocycles. The summed E-state index contributed by atoms with van der Waals surface area (Å²) in [5.41, 5.74) is 1.19. The van der Waals surface area contributed by atoms with Gasteiger partial charge in [-0.05, 0) is 12.2 Å². The van der Waals surface area contributed by atoms with Crippen LogP contribution in [0.4, 0.5) is 0 Å². The Morgan fingerprint density at radius 1 is 1.70 bits per heavy atom. The molecule has 1 rings (SSSR count). The van der Waals surface area contributed by atoms with Crippen LogP contribution in [0.15, 0.2) is 36.6 Å². The van der Waals surface area contributed by atoms with Gasteiger partial charge in [-0.1, -0.05) is 18.7 Å². The Hall–Kier alpha value is -0.500. The second-order valence-electron chi connectivity index (χ2n) is 2.10. The molecule has 0 aromatic rings. The first-order chi connectivity index (χ1) is 4.34. The smallest absolute Gasteiger partial charge is 0.0360 e. The van der Waals surface area contributed by atoms with Gasteiger partial charge in [-0.15, -0.1) is 0 Å². The van der Waals surface area contributed by atoms with Crippen molar-refractivity contribution in [3.05, 3.63) is 36.6 Å². The van der Waals surface area contributed by atoms with Crippen molar-refractivity contribution in [2.45, 2.75) is 0 Å². The standard InChI is InChI=1S/C8H11N.BrH/c1-3-8-6-4-5-7-9(8)2;/h3-6H,1,7H2,2H3;1H/p-1. The Morgan fingerprint density at radius 2 is 2.40 bits per heavy atom. The van der Waals surface area contributed by atoms with E-state index in [1.807, 2.05) is 6.08 Å². The van der Waals surface area contributed by atoms with Crippen LogP contribution in [-0.4, -0.2) is 18.5 Å². The zero-order valence-electron chi connectivity index (χ0n) is 6.05. The van der Waals surface area contributed by atoms with E-state index in [2.05, 4.69) is 36.8 Å². The summed E-state index contributed by atoms with van der Waals surface area (Å²) in [6, 6.07) is 0. The number of hydrogen-bond acceptors (Lipinski definition) is 1. The average Bonchev–Trinajstić information content (AvgIpc) is 1.89. The lowest BCUT2D eigenvalue weighted by Crippen LogP contribution is -3.00. The minimum Gasteiger partial charge on any atom is -1.00 e. The Morgan fingerprint density at radius 3 is 2.80 bits per heavy atom. The lowest BCUT2D eigenvalue weighted by atomic mass is 10.2. The Balaban J connectivity index is 0.000000810. The molecule has 0 spiro atoms. The zero-order chi connectivity index (χ0) is 6.69. The highest BCUT2D eigenvalue weighted by Gasteiger charge is 1.98. The highest BCUT2D eigenvalue weighted by molar-refractivity contribution is 5.24. The molecule has 1 nitrogen and oxygen atoms in total. The molecule has 0 fully saturated rings. The van der Waals surface area contributed by atoms with Crippen molar-refractivity contribution < 1.29 is 17.0 Å². The van der Waals surface area contributed by atoms with E-state index in [1.54, 1.807) is 0 Å². The number of rotatable bonds is 1. The van der Waals surface area contributed by atoms with Crippen LogP contribution in [0.2, 0.25) is 0 Å². The number of hydrogen-bond donors (Lipinski definition) is 0. The van der Waals surface area contributed by atoms with Gasteiger partial charge in [0.05, 0.1) is 0 Å². The number of nitrogens with zero attached hydrogens (tertiary/aromatic N) is 1. The molecule has 0 atom stereocenters. The fourth-order valence-corrected chi connectivity index (χ4v) is 0.842. The van der Waals surface area contributed by atoms with Crippen LogP contribution in [0.3, 0.4) is 0 Å². The van der Waals surface area contributed by atoms with E-state index >= 15 is 0 Å². The summed E-state index contributed by atoms with van der Waals surface area (Å²) >= 11 is 0. The molecule has 0 aromatic carbocycles. The molecule has 2 heteroatoms. The maximum Gasteiger partial charge on any atom is 0.0360 e. The van der Waals surface area contributed by atoms with Gasteiger partial charge in [0.25, 0.3) is 0 Å². The van der Waals surface area contributed by atoms with Gasteiger partial charge in [-0.2, -0.15) is 0 Å². The third-order valence-electron chi connectivity index (χ3n) is 1.43. The van der Waals surface area contributed by atoms with E-state index in [0.717, 1.165) is 6.54 Å². The molecule has 0 saturated heterocycles. The third kappa shape index (κ3) is 2.03.